The summed E-state index contributed by atoms with van der Waals surface area (Å²) in [6, 6.07) is 9.42. The number of likely N-dealkylation sites (tertiary alicyclic amines) is 1. The SMILES string of the molecule is O=C(c1cc2ccccc2o1)N1CC2(CC(Oc3cnccn3)CCO2)C1. The fourth-order valence-electron chi connectivity index (χ4n) is 3.86. The summed E-state index contributed by atoms with van der Waals surface area (Å²) in [6.07, 6.45) is 6.38. The summed E-state index contributed by atoms with van der Waals surface area (Å²) in [5, 5.41) is 0.933. The lowest BCUT2D eigenvalue weighted by Crippen LogP contribution is -2.67. The van der Waals surface area contributed by atoms with Crippen LogP contribution in [-0.4, -0.2) is 52.2 Å². The number of ether oxygens (including phenoxy) is 2. The van der Waals surface area contributed by atoms with Crippen LogP contribution in [0.15, 0.2) is 53.3 Å². The molecule has 7 heteroatoms. The number of hydrogen-bond donors (Lipinski definition) is 0. The van der Waals surface area contributed by atoms with Gasteiger partial charge in [0.1, 0.15) is 17.3 Å². The third-order valence-electron chi connectivity index (χ3n) is 5.16. The zero-order valence-electron chi connectivity index (χ0n) is 14.7. The van der Waals surface area contributed by atoms with Crippen molar-refractivity contribution in [3.05, 3.63) is 54.7 Å². The Labute approximate surface area is 155 Å². The van der Waals surface area contributed by atoms with Gasteiger partial charge in [-0.15, -0.1) is 0 Å². The summed E-state index contributed by atoms with van der Waals surface area (Å²) in [5.74, 6) is 0.792. The third-order valence-corrected chi connectivity index (χ3v) is 5.16. The number of aromatic nitrogens is 2. The van der Waals surface area contributed by atoms with Gasteiger partial charge in [-0.05, 0) is 12.1 Å². The third kappa shape index (κ3) is 3.04. The summed E-state index contributed by atoms with van der Waals surface area (Å²) in [5.41, 5.74) is 0.384. The maximum atomic E-state index is 12.7. The lowest BCUT2D eigenvalue weighted by Gasteiger charge is -2.52. The van der Waals surface area contributed by atoms with Gasteiger partial charge in [-0.3, -0.25) is 9.78 Å². The van der Waals surface area contributed by atoms with Gasteiger partial charge in [0.2, 0.25) is 5.88 Å². The molecule has 0 saturated carbocycles. The van der Waals surface area contributed by atoms with Gasteiger partial charge >= 0.3 is 0 Å². The second-order valence-corrected chi connectivity index (χ2v) is 7.12. The molecule has 2 aliphatic heterocycles. The number of amides is 1. The Morgan fingerprint density at radius 1 is 1.26 bits per heavy atom. The molecule has 2 aliphatic rings. The summed E-state index contributed by atoms with van der Waals surface area (Å²) in [7, 11) is 0. The van der Waals surface area contributed by atoms with Crippen LogP contribution in [-0.2, 0) is 4.74 Å². The van der Waals surface area contributed by atoms with E-state index >= 15 is 0 Å². The monoisotopic (exact) mass is 365 g/mol. The molecule has 2 saturated heterocycles. The second-order valence-electron chi connectivity index (χ2n) is 7.12. The largest absolute Gasteiger partial charge is 0.473 e. The van der Waals surface area contributed by atoms with E-state index in [1.807, 2.05) is 24.3 Å². The van der Waals surface area contributed by atoms with Gasteiger partial charge in [0.05, 0.1) is 25.9 Å². The van der Waals surface area contributed by atoms with Crippen LogP contribution in [0.2, 0.25) is 0 Å². The standard InChI is InChI=1S/C20H19N3O4/c24-19(17-9-14-3-1-2-4-16(14)27-17)23-12-20(13-23)10-15(5-8-25-20)26-18-11-21-6-7-22-18/h1-4,6-7,9,11,15H,5,8,10,12-13H2. The molecule has 27 heavy (non-hydrogen) atoms. The highest BCUT2D eigenvalue weighted by Crippen LogP contribution is 2.36. The van der Waals surface area contributed by atoms with Crippen LogP contribution in [0.5, 0.6) is 5.88 Å². The number of furan rings is 1. The lowest BCUT2D eigenvalue weighted by molar-refractivity contribution is -0.174. The maximum Gasteiger partial charge on any atom is 0.289 e. The molecule has 0 bridgehead atoms. The minimum Gasteiger partial charge on any atom is -0.473 e. The van der Waals surface area contributed by atoms with Gasteiger partial charge in [-0.2, -0.15) is 0 Å². The zero-order chi connectivity index (χ0) is 18.3. The van der Waals surface area contributed by atoms with Gasteiger partial charge in [0.15, 0.2) is 5.76 Å². The van der Waals surface area contributed by atoms with Crippen molar-refractivity contribution >= 4 is 16.9 Å². The smallest absolute Gasteiger partial charge is 0.289 e. The molecule has 5 rings (SSSR count). The Morgan fingerprint density at radius 2 is 2.15 bits per heavy atom. The van der Waals surface area contributed by atoms with Crippen molar-refractivity contribution in [3.8, 4) is 5.88 Å². The number of benzene rings is 1. The van der Waals surface area contributed by atoms with Gasteiger partial charge < -0.3 is 18.8 Å². The Morgan fingerprint density at radius 3 is 2.96 bits per heavy atom. The van der Waals surface area contributed by atoms with Gasteiger partial charge in [-0.1, -0.05) is 18.2 Å². The predicted molar refractivity (Wildman–Crippen MR) is 96.5 cm³/mol. The number of carbonyl (C=O) groups is 1. The molecule has 1 unspecified atom stereocenters. The van der Waals surface area contributed by atoms with Crippen molar-refractivity contribution in [2.45, 2.75) is 24.5 Å². The molecule has 0 radical (unpaired) electrons. The summed E-state index contributed by atoms with van der Waals surface area (Å²) < 4.78 is 17.6. The van der Waals surface area contributed by atoms with Crippen LogP contribution in [0, 0.1) is 0 Å². The number of hydrogen-bond acceptors (Lipinski definition) is 6. The quantitative estimate of drug-likeness (QED) is 0.710. The van der Waals surface area contributed by atoms with Gasteiger partial charge in [0.25, 0.3) is 5.91 Å². The van der Waals surface area contributed by atoms with Crippen LogP contribution in [0.3, 0.4) is 0 Å². The Balaban J connectivity index is 1.24. The van der Waals surface area contributed by atoms with Crippen LogP contribution in [0.25, 0.3) is 11.0 Å². The van der Waals surface area contributed by atoms with Gasteiger partial charge in [-0.25, -0.2) is 4.98 Å². The normalized spacial score (nSPS) is 21.2. The van der Waals surface area contributed by atoms with E-state index in [4.69, 9.17) is 13.9 Å². The summed E-state index contributed by atoms with van der Waals surface area (Å²) in [6.45, 7) is 1.70. The number of rotatable bonds is 3. The summed E-state index contributed by atoms with van der Waals surface area (Å²) in [4.78, 5) is 22.7. The number of nitrogens with zero attached hydrogens (tertiary/aromatic N) is 3. The maximum absolute atomic E-state index is 12.7. The highest BCUT2D eigenvalue weighted by molar-refractivity contribution is 5.96. The van der Waals surface area contributed by atoms with E-state index in [0.29, 0.717) is 31.3 Å². The van der Waals surface area contributed by atoms with Crippen molar-refractivity contribution in [3.63, 3.8) is 0 Å². The fourth-order valence-corrected chi connectivity index (χ4v) is 3.86. The number of para-hydroxylation sites is 1. The van der Waals surface area contributed by atoms with Crippen molar-refractivity contribution in [1.82, 2.24) is 14.9 Å². The highest BCUT2D eigenvalue weighted by Gasteiger charge is 2.50. The summed E-state index contributed by atoms with van der Waals surface area (Å²) >= 11 is 0. The minimum atomic E-state index is -0.340. The molecule has 2 fully saturated rings. The average Bonchev–Trinajstić information content (AvgIpc) is 3.11. The van der Waals surface area contributed by atoms with E-state index in [9.17, 15) is 4.79 Å². The molecule has 1 atom stereocenters. The van der Waals surface area contributed by atoms with E-state index in [-0.39, 0.29) is 17.6 Å². The average molecular weight is 365 g/mol. The number of carbonyl (C=O) groups excluding carboxylic acids is 1. The molecule has 0 N–H and O–H groups in total. The van der Waals surface area contributed by atoms with Crippen LogP contribution < -0.4 is 4.74 Å². The predicted octanol–water partition coefficient (Wildman–Crippen LogP) is 2.68. The van der Waals surface area contributed by atoms with Crippen molar-refractivity contribution < 1.29 is 18.7 Å². The molecule has 2 aromatic heterocycles. The van der Waals surface area contributed by atoms with Crippen LogP contribution in [0.1, 0.15) is 23.4 Å². The van der Waals surface area contributed by atoms with E-state index in [0.717, 1.165) is 23.8 Å². The van der Waals surface area contributed by atoms with Crippen molar-refractivity contribution in [2.75, 3.05) is 19.7 Å². The molecule has 1 spiro atoms. The first-order valence-corrected chi connectivity index (χ1v) is 9.05. The first-order chi connectivity index (χ1) is 13.2. The minimum absolute atomic E-state index is 0.0129. The van der Waals surface area contributed by atoms with Crippen molar-refractivity contribution in [2.24, 2.45) is 0 Å². The van der Waals surface area contributed by atoms with Crippen LogP contribution in [0.4, 0.5) is 0 Å². The molecule has 0 aliphatic carbocycles. The molecule has 7 nitrogen and oxygen atoms in total. The first-order valence-electron chi connectivity index (χ1n) is 9.05. The van der Waals surface area contributed by atoms with Crippen LogP contribution >= 0.6 is 0 Å². The topological polar surface area (TPSA) is 77.7 Å². The fraction of sp³-hybridized carbons (Fsp3) is 0.350. The van der Waals surface area contributed by atoms with E-state index in [2.05, 4.69) is 9.97 Å². The van der Waals surface area contributed by atoms with E-state index < -0.39 is 0 Å². The highest BCUT2D eigenvalue weighted by atomic mass is 16.5. The van der Waals surface area contributed by atoms with E-state index in [1.165, 1.54) is 0 Å². The Bertz CT molecular complexity index is 933. The second kappa shape index (κ2) is 6.35. The molecule has 1 aromatic carbocycles. The molecular weight excluding hydrogens is 346 g/mol. The molecule has 4 heterocycles. The Hall–Kier alpha value is -2.93. The molecular formula is C20H19N3O4. The molecule has 138 valence electrons. The zero-order valence-corrected chi connectivity index (χ0v) is 14.7. The van der Waals surface area contributed by atoms with Gasteiger partial charge in [0, 0.05) is 30.6 Å². The first kappa shape index (κ1) is 16.3. The molecule has 3 aromatic rings. The van der Waals surface area contributed by atoms with E-state index in [1.54, 1.807) is 29.6 Å². The lowest BCUT2D eigenvalue weighted by atomic mass is 9.84. The number of fused-ring (bicyclic) bond motifs is 1. The molecule has 1 amide bonds. The Kier molecular flexibility index (Phi) is 3.82. The van der Waals surface area contributed by atoms with Crippen molar-refractivity contribution in [1.29, 1.82) is 0 Å².